The molecule has 0 unspecified atom stereocenters. The van der Waals surface area contributed by atoms with Crippen LogP contribution in [0.2, 0.25) is 0 Å². The van der Waals surface area contributed by atoms with Gasteiger partial charge in [0.15, 0.2) is 5.49 Å². The largest absolute Gasteiger partial charge is 0.422 e. The van der Waals surface area contributed by atoms with Crippen molar-refractivity contribution >= 4 is 5.91 Å². The molecule has 1 saturated heterocycles. The highest BCUT2D eigenvalue weighted by atomic mass is 16.5. The maximum Gasteiger partial charge on any atom is 0.364 e. The van der Waals surface area contributed by atoms with Crippen LogP contribution >= 0.6 is 0 Å². The molecule has 9 heteroatoms. The molecule has 0 saturated carbocycles. The number of ether oxygens (including phenoxy) is 1. The van der Waals surface area contributed by atoms with Gasteiger partial charge >= 0.3 is 5.69 Å². The lowest BCUT2D eigenvalue weighted by Crippen LogP contribution is -2.40. The van der Waals surface area contributed by atoms with E-state index in [0.29, 0.717) is 5.56 Å². The maximum atomic E-state index is 12.3. The molecule has 1 amide bonds. The van der Waals surface area contributed by atoms with Crippen LogP contribution < -0.4 is 11.2 Å². The molecule has 0 bridgehead atoms. The lowest BCUT2D eigenvalue weighted by atomic mass is 10.2. The first-order valence-electron chi connectivity index (χ1n) is 7.63. The zero-order valence-corrected chi connectivity index (χ0v) is 13.1. The summed E-state index contributed by atoms with van der Waals surface area (Å²) >= 11 is 0. The molecule has 1 aliphatic rings. The lowest BCUT2D eigenvalue weighted by molar-refractivity contribution is -0.0480. The van der Waals surface area contributed by atoms with Crippen molar-refractivity contribution in [3.05, 3.63) is 64.1 Å². The second-order valence-corrected chi connectivity index (χ2v) is 5.57. The van der Waals surface area contributed by atoms with Gasteiger partial charge in [-0.3, -0.25) is 9.36 Å². The third-order valence-electron chi connectivity index (χ3n) is 3.93. The Morgan fingerprint density at radius 3 is 2.64 bits per heavy atom. The number of rotatable bonds is 3. The molecular weight excluding hydrogens is 330 g/mol. The molecular formula is C16H17N3O6. The van der Waals surface area contributed by atoms with E-state index >= 15 is 0 Å². The molecule has 3 rings (SSSR count). The second-order valence-electron chi connectivity index (χ2n) is 5.57. The maximum absolute atomic E-state index is 12.3. The van der Waals surface area contributed by atoms with E-state index in [2.05, 4.69) is 4.99 Å². The SMILES string of the molecule is O=C(N=c1ccn([C@H]2C[C@H](O)[C@@H](CO)O2)c(=O)n1O)c1ccccc1. The summed E-state index contributed by atoms with van der Waals surface area (Å²) in [5, 5.41) is 28.8. The summed E-state index contributed by atoms with van der Waals surface area (Å²) in [6.07, 6.45) is -1.16. The predicted octanol–water partition coefficient (Wildman–Crippen LogP) is -0.731. The van der Waals surface area contributed by atoms with Crippen molar-refractivity contribution in [2.75, 3.05) is 6.61 Å². The summed E-state index contributed by atoms with van der Waals surface area (Å²) in [7, 11) is 0. The molecule has 3 atom stereocenters. The minimum Gasteiger partial charge on any atom is -0.422 e. The van der Waals surface area contributed by atoms with Crippen LogP contribution in [0.15, 0.2) is 52.4 Å². The predicted molar refractivity (Wildman–Crippen MR) is 83.8 cm³/mol. The highest BCUT2D eigenvalue weighted by molar-refractivity contribution is 5.94. The van der Waals surface area contributed by atoms with Crippen LogP contribution in [0.4, 0.5) is 0 Å². The number of aromatic nitrogens is 2. The third kappa shape index (κ3) is 3.38. The highest BCUT2D eigenvalue weighted by Crippen LogP contribution is 2.26. The topological polar surface area (TPSA) is 126 Å². The summed E-state index contributed by atoms with van der Waals surface area (Å²) < 4.78 is 6.68. The second kappa shape index (κ2) is 7.01. The molecule has 1 aromatic heterocycles. The van der Waals surface area contributed by atoms with Crippen LogP contribution in [0.1, 0.15) is 23.0 Å². The standard InChI is InChI=1S/C16H17N3O6/c20-9-12-11(21)8-14(25-12)18-7-6-13(19(24)16(18)23)17-15(22)10-4-2-1-3-5-10/h1-7,11-12,14,20-21,24H,8-9H2/t11-,12+,14+/m0/s1. The van der Waals surface area contributed by atoms with E-state index in [4.69, 9.17) is 9.84 Å². The van der Waals surface area contributed by atoms with E-state index in [0.717, 1.165) is 4.57 Å². The van der Waals surface area contributed by atoms with Crippen molar-refractivity contribution < 1.29 is 25.0 Å². The quantitative estimate of drug-likeness (QED) is 0.628. The smallest absolute Gasteiger partial charge is 0.364 e. The van der Waals surface area contributed by atoms with Gasteiger partial charge in [0.25, 0.3) is 5.91 Å². The molecule has 3 N–H and O–H groups in total. The van der Waals surface area contributed by atoms with Gasteiger partial charge in [-0.05, 0) is 12.1 Å². The molecule has 2 aromatic rings. The first-order chi connectivity index (χ1) is 12.0. The number of carbonyl (C=O) groups excluding carboxylic acids is 1. The molecule has 1 aliphatic heterocycles. The Labute approximate surface area is 141 Å². The van der Waals surface area contributed by atoms with Crippen LogP contribution in [0.5, 0.6) is 0 Å². The van der Waals surface area contributed by atoms with Crippen molar-refractivity contribution in [2.24, 2.45) is 4.99 Å². The molecule has 132 valence electrons. The van der Waals surface area contributed by atoms with Gasteiger partial charge in [0, 0.05) is 24.2 Å². The van der Waals surface area contributed by atoms with Gasteiger partial charge in [-0.2, -0.15) is 4.99 Å². The van der Waals surface area contributed by atoms with Gasteiger partial charge in [0.2, 0.25) is 0 Å². The summed E-state index contributed by atoms with van der Waals surface area (Å²) in [4.78, 5) is 28.1. The van der Waals surface area contributed by atoms with E-state index < -0.39 is 30.0 Å². The fourth-order valence-corrected chi connectivity index (χ4v) is 2.59. The average Bonchev–Trinajstić information content (AvgIpc) is 3.00. The van der Waals surface area contributed by atoms with E-state index in [1.807, 2.05) is 0 Å². The van der Waals surface area contributed by atoms with Crippen LogP contribution in [-0.4, -0.2) is 49.4 Å². The minimum atomic E-state index is -0.918. The fraction of sp³-hybridized carbons (Fsp3) is 0.312. The van der Waals surface area contributed by atoms with Gasteiger partial charge in [0.1, 0.15) is 12.3 Å². The molecule has 0 radical (unpaired) electrons. The van der Waals surface area contributed by atoms with Crippen molar-refractivity contribution in [1.82, 2.24) is 9.30 Å². The Morgan fingerprint density at radius 2 is 2.00 bits per heavy atom. The number of aliphatic hydroxyl groups is 2. The summed E-state index contributed by atoms with van der Waals surface area (Å²) in [6.45, 7) is -0.384. The number of benzene rings is 1. The monoisotopic (exact) mass is 347 g/mol. The number of carbonyl (C=O) groups is 1. The van der Waals surface area contributed by atoms with Crippen molar-refractivity contribution in [3.63, 3.8) is 0 Å². The first kappa shape index (κ1) is 17.1. The Morgan fingerprint density at radius 1 is 1.28 bits per heavy atom. The van der Waals surface area contributed by atoms with E-state index in [-0.39, 0.29) is 23.2 Å². The highest BCUT2D eigenvalue weighted by Gasteiger charge is 2.35. The fourth-order valence-electron chi connectivity index (χ4n) is 2.59. The van der Waals surface area contributed by atoms with Crippen LogP contribution in [-0.2, 0) is 4.74 Å². The van der Waals surface area contributed by atoms with Gasteiger partial charge in [-0.1, -0.05) is 18.2 Å². The molecule has 1 fully saturated rings. The Bertz CT molecular complexity index is 889. The Balaban J connectivity index is 1.93. The molecule has 0 spiro atoms. The average molecular weight is 347 g/mol. The normalized spacial score (nSPS) is 23.8. The van der Waals surface area contributed by atoms with Gasteiger partial charge in [-0.15, -0.1) is 4.73 Å². The number of nitrogens with zero attached hydrogens (tertiary/aromatic N) is 3. The summed E-state index contributed by atoms with van der Waals surface area (Å²) in [5.74, 6) is -0.603. The number of hydrogen-bond acceptors (Lipinski definition) is 6. The zero-order chi connectivity index (χ0) is 18.0. The summed E-state index contributed by atoms with van der Waals surface area (Å²) in [5.41, 5.74) is -0.787. The van der Waals surface area contributed by atoms with Crippen molar-refractivity contribution in [2.45, 2.75) is 24.9 Å². The molecule has 2 heterocycles. The van der Waals surface area contributed by atoms with Crippen LogP contribution in [0.3, 0.4) is 0 Å². The molecule has 9 nitrogen and oxygen atoms in total. The Hall–Kier alpha value is -2.75. The summed E-state index contributed by atoms with van der Waals surface area (Å²) in [6, 6.07) is 9.52. The number of amides is 1. The van der Waals surface area contributed by atoms with Crippen molar-refractivity contribution in [1.29, 1.82) is 0 Å². The lowest BCUT2D eigenvalue weighted by Gasteiger charge is -2.15. The van der Waals surface area contributed by atoms with Crippen LogP contribution in [0, 0.1) is 0 Å². The third-order valence-corrected chi connectivity index (χ3v) is 3.93. The van der Waals surface area contributed by atoms with Gasteiger partial charge in [-0.25, -0.2) is 4.79 Å². The molecule has 25 heavy (non-hydrogen) atoms. The zero-order valence-electron chi connectivity index (χ0n) is 13.1. The molecule has 0 aliphatic carbocycles. The Kier molecular flexibility index (Phi) is 4.79. The van der Waals surface area contributed by atoms with E-state index in [9.17, 15) is 19.9 Å². The number of hydrogen-bond donors (Lipinski definition) is 3. The first-order valence-corrected chi connectivity index (χ1v) is 7.63. The van der Waals surface area contributed by atoms with Crippen LogP contribution in [0.25, 0.3) is 0 Å². The molecule has 1 aromatic carbocycles. The van der Waals surface area contributed by atoms with Gasteiger partial charge < -0.3 is 20.2 Å². The van der Waals surface area contributed by atoms with Crippen molar-refractivity contribution in [3.8, 4) is 0 Å². The minimum absolute atomic E-state index is 0.0879. The van der Waals surface area contributed by atoms with Gasteiger partial charge in [0.05, 0.1) is 12.7 Å². The van der Waals surface area contributed by atoms with E-state index in [1.165, 1.54) is 12.3 Å². The van der Waals surface area contributed by atoms with E-state index in [1.54, 1.807) is 30.3 Å². The number of aliphatic hydroxyl groups excluding tert-OH is 2.